The number of aryl methyl sites for hydroxylation is 1. The SMILES string of the molecule is CCCCNc1cnc(C(=O)Nc2ccc(CC)cc2)cn1. The average molecular weight is 298 g/mol. The topological polar surface area (TPSA) is 66.9 Å². The number of nitrogens with zero attached hydrogens (tertiary/aromatic N) is 2. The first-order chi connectivity index (χ1) is 10.7. The van der Waals surface area contributed by atoms with Crippen LogP contribution in [0.4, 0.5) is 11.5 Å². The molecule has 0 atom stereocenters. The van der Waals surface area contributed by atoms with Gasteiger partial charge in [-0.1, -0.05) is 32.4 Å². The Bertz CT molecular complexity index is 593. The highest BCUT2D eigenvalue weighted by molar-refractivity contribution is 6.02. The number of aromatic nitrogens is 2. The van der Waals surface area contributed by atoms with Crippen LogP contribution in [0.15, 0.2) is 36.7 Å². The van der Waals surface area contributed by atoms with Crippen LogP contribution in [-0.2, 0) is 6.42 Å². The minimum atomic E-state index is -0.253. The lowest BCUT2D eigenvalue weighted by Gasteiger charge is -2.07. The Morgan fingerprint density at radius 3 is 2.45 bits per heavy atom. The van der Waals surface area contributed by atoms with E-state index in [4.69, 9.17) is 0 Å². The van der Waals surface area contributed by atoms with E-state index in [0.717, 1.165) is 31.5 Å². The van der Waals surface area contributed by atoms with Gasteiger partial charge in [-0.25, -0.2) is 9.97 Å². The molecule has 0 bridgehead atoms. The fourth-order valence-electron chi connectivity index (χ4n) is 1.95. The van der Waals surface area contributed by atoms with Crippen molar-refractivity contribution in [3.8, 4) is 0 Å². The summed E-state index contributed by atoms with van der Waals surface area (Å²) in [5.41, 5.74) is 2.30. The van der Waals surface area contributed by atoms with Gasteiger partial charge in [-0.05, 0) is 30.5 Å². The standard InChI is InChI=1S/C17H22N4O/c1-3-5-10-18-16-12-19-15(11-20-16)17(22)21-14-8-6-13(4-2)7-9-14/h6-9,11-12H,3-5,10H2,1-2H3,(H,18,20)(H,21,22). The molecule has 116 valence electrons. The van der Waals surface area contributed by atoms with E-state index in [1.54, 1.807) is 6.20 Å². The van der Waals surface area contributed by atoms with Crippen molar-refractivity contribution in [2.24, 2.45) is 0 Å². The van der Waals surface area contributed by atoms with Crippen molar-refractivity contribution in [2.45, 2.75) is 33.1 Å². The molecule has 0 aliphatic heterocycles. The van der Waals surface area contributed by atoms with Gasteiger partial charge < -0.3 is 10.6 Å². The van der Waals surface area contributed by atoms with Gasteiger partial charge in [-0.2, -0.15) is 0 Å². The zero-order chi connectivity index (χ0) is 15.8. The molecule has 0 saturated carbocycles. The average Bonchev–Trinajstić information content (AvgIpc) is 2.56. The molecule has 0 saturated heterocycles. The zero-order valence-electron chi connectivity index (χ0n) is 13.1. The lowest BCUT2D eigenvalue weighted by atomic mass is 10.1. The molecule has 0 unspecified atom stereocenters. The van der Waals surface area contributed by atoms with Gasteiger partial charge in [0.1, 0.15) is 11.5 Å². The summed E-state index contributed by atoms with van der Waals surface area (Å²) in [6.45, 7) is 5.09. The number of rotatable bonds is 7. The molecular formula is C17H22N4O. The number of hydrogen-bond acceptors (Lipinski definition) is 4. The molecule has 0 spiro atoms. The molecule has 1 aromatic carbocycles. The highest BCUT2D eigenvalue weighted by Crippen LogP contribution is 2.11. The van der Waals surface area contributed by atoms with Crippen LogP contribution in [0.2, 0.25) is 0 Å². The van der Waals surface area contributed by atoms with Crippen LogP contribution in [0.5, 0.6) is 0 Å². The number of carbonyl (C=O) groups is 1. The number of carbonyl (C=O) groups excluding carboxylic acids is 1. The number of hydrogen-bond donors (Lipinski definition) is 2. The van der Waals surface area contributed by atoms with E-state index in [1.165, 1.54) is 11.8 Å². The summed E-state index contributed by atoms with van der Waals surface area (Å²) in [7, 11) is 0. The van der Waals surface area contributed by atoms with Gasteiger partial charge in [0.25, 0.3) is 5.91 Å². The monoisotopic (exact) mass is 298 g/mol. The largest absolute Gasteiger partial charge is 0.369 e. The second-order valence-corrected chi connectivity index (χ2v) is 5.07. The summed E-state index contributed by atoms with van der Waals surface area (Å²) >= 11 is 0. The zero-order valence-corrected chi connectivity index (χ0v) is 13.1. The third kappa shape index (κ3) is 4.55. The van der Waals surface area contributed by atoms with Crippen molar-refractivity contribution in [1.82, 2.24) is 9.97 Å². The van der Waals surface area contributed by atoms with Crippen LogP contribution in [0.25, 0.3) is 0 Å². The van der Waals surface area contributed by atoms with Crippen LogP contribution in [0.1, 0.15) is 42.7 Å². The van der Waals surface area contributed by atoms with E-state index in [-0.39, 0.29) is 5.91 Å². The normalized spacial score (nSPS) is 10.3. The minimum absolute atomic E-state index is 0.253. The van der Waals surface area contributed by atoms with Gasteiger partial charge in [-0.15, -0.1) is 0 Å². The lowest BCUT2D eigenvalue weighted by Crippen LogP contribution is -2.14. The van der Waals surface area contributed by atoms with Gasteiger partial charge in [0.2, 0.25) is 0 Å². The van der Waals surface area contributed by atoms with Crippen molar-refractivity contribution in [3.05, 3.63) is 47.9 Å². The van der Waals surface area contributed by atoms with Gasteiger partial charge >= 0.3 is 0 Å². The second kappa shape index (κ2) is 8.12. The van der Waals surface area contributed by atoms with Gasteiger partial charge in [0.05, 0.1) is 12.4 Å². The summed E-state index contributed by atoms with van der Waals surface area (Å²) in [6.07, 6.45) is 6.26. The Hall–Kier alpha value is -2.43. The summed E-state index contributed by atoms with van der Waals surface area (Å²) in [5.74, 6) is 0.439. The number of anilines is 2. The van der Waals surface area contributed by atoms with E-state index in [9.17, 15) is 4.79 Å². The molecule has 0 fully saturated rings. The van der Waals surface area contributed by atoms with Crippen molar-refractivity contribution in [1.29, 1.82) is 0 Å². The van der Waals surface area contributed by atoms with Gasteiger partial charge in [-0.3, -0.25) is 4.79 Å². The molecule has 22 heavy (non-hydrogen) atoms. The van der Waals surface area contributed by atoms with Gasteiger partial charge in [0.15, 0.2) is 0 Å². The highest BCUT2D eigenvalue weighted by atomic mass is 16.1. The predicted molar refractivity (Wildman–Crippen MR) is 89.2 cm³/mol. The summed E-state index contributed by atoms with van der Waals surface area (Å²) in [4.78, 5) is 20.5. The minimum Gasteiger partial charge on any atom is -0.369 e. The first-order valence-electron chi connectivity index (χ1n) is 7.69. The molecule has 5 heteroatoms. The van der Waals surface area contributed by atoms with Crippen LogP contribution < -0.4 is 10.6 Å². The van der Waals surface area contributed by atoms with E-state index < -0.39 is 0 Å². The van der Waals surface area contributed by atoms with Crippen LogP contribution in [-0.4, -0.2) is 22.4 Å². The smallest absolute Gasteiger partial charge is 0.275 e. The molecule has 1 aromatic heterocycles. The molecule has 0 aliphatic rings. The first kappa shape index (κ1) is 15.9. The maximum atomic E-state index is 12.1. The number of benzene rings is 1. The Balaban J connectivity index is 1.94. The van der Waals surface area contributed by atoms with Crippen LogP contribution in [0.3, 0.4) is 0 Å². The summed E-state index contributed by atoms with van der Waals surface area (Å²) < 4.78 is 0. The van der Waals surface area contributed by atoms with E-state index in [2.05, 4.69) is 34.4 Å². The molecule has 2 rings (SSSR count). The molecule has 2 N–H and O–H groups in total. The van der Waals surface area contributed by atoms with Crippen molar-refractivity contribution >= 4 is 17.4 Å². The molecule has 1 heterocycles. The first-order valence-corrected chi connectivity index (χ1v) is 7.69. The van der Waals surface area contributed by atoms with Crippen molar-refractivity contribution in [2.75, 3.05) is 17.2 Å². The number of nitrogens with one attached hydrogen (secondary N) is 2. The Labute approximate surface area is 131 Å². The van der Waals surface area contributed by atoms with E-state index in [0.29, 0.717) is 11.5 Å². The molecule has 5 nitrogen and oxygen atoms in total. The molecule has 1 amide bonds. The fourth-order valence-corrected chi connectivity index (χ4v) is 1.95. The lowest BCUT2D eigenvalue weighted by molar-refractivity contribution is 0.102. The van der Waals surface area contributed by atoms with Crippen LogP contribution >= 0.6 is 0 Å². The fraction of sp³-hybridized carbons (Fsp3) is 0.353. The molecule has 2 aromatic rings. The van der Waals surface area contributed by atoms with Gasteiger partial charge in [0, 0.05) is 12.2 Å². The molecule has 0 aliphatic carbocycles. The summed E-state index contributed by atoms with van der Waals surface area (Å²) in [5, 5.41) is 5.99. The quantitative estimate of drug-likeness (QED) is 0.768. The Kier molecular flexibility index (Phi) is 5.89. The second-order valence-electron chi connectivity index (χ2n) is 5.07. The van der Waals surface area contributed by atoms with E-state index >= 15 is 0 Å². The molecular weight excluding hydrogens is 276 g/mol. The highest BCUT2D eigenvalue weighted by Gasteiger charge is 2.08. The third-order valence-electron chi connectivity index (χ3n) is 3.34. The molecule has 0 radical (unpaired) electrons. The van der Waals surface area contributed by atoms with Crippen molar-refractivity contribution < 1.29 is 4.79 Å². The Morgan fingerprint density at radius 2 is 1.86 bits per heavy atom. The number of amides is 1. The maximum Gasteiger partial charge on any atom is 0.275 e. The third-order valence-corrected chi connectivity index (χ3v) is 3.34. The predicted octanol–water partition coefficient (Wildman–Crippen LogP) is 3.50. The van der Waals surface area contributed by atoms with E-state index in [1.807, 2.05) is 24.3 Å². The maximum absolute atomic E-state index is 12.1. The Morgan fingerprint density at radius 1 is 1.09 bits per heavy atom. The van der Waals surface area contributed by atoms with Crippen molar-refractivity contribution in [3.63, 3.8) is 0 Å². The number of unbranched alkanes of at least 4 members (excludes halogenated alkanes) is 1. The van der Waals surface area contributed by atoms with Crippen LogP contribution in [0, 0.1) is 0 Å². The summed E-state index contributed by atoms with van der Waals surface area (Å²) in [6, 6.07) is 7.79.